The lowest BCUT2D eigenvalue weighted by Crippen LogP contribution is -2.11. The summed E-state index contributed by atoms with van der Waals surface area (Å²) in [4.78, 5) is 16.5. The first-order valence-corrected chi connectivity index (χ1v) is 15.0. The van der Waals surface area contributed by atoms with Crippen LogP contribution < -0.4 is 14.2 Å². The highest BCUT2D eigenvalue weighted by atomic mass is 32.2. The van der Waals surface area contributed by atoms with Gasteiger partial charge in [-0.25, -0.2) is 4.98 Å². The standard InChI is InChI=1S/C31H35NO7S/c1-4-36-30(33)15-21-18-38-28-16-29(32-17-26(21)28)39-27-10-9-23-24(27)7-5-8-25(23)31-19(2)13-22(14-20(31)3)37-11-6-12-40(34)35/h5,7-8,13-14,16-17,21,27H,4,6,9-12,15,18H2,1-3H3,(H,34,35)/p-1. The molecule has 0 saturated heterocycles. The van der Waals surface area contributed by atoms with Gasteiger partial charge in [-0.1, -0.05) is 29.3 Å². The van der Waals surface area contributed by atoms with Crippen LogP contribution in [0.15, 0.2) is 42.6 Å². The number of pyridine rings is 1. The molecule has 2 aliphatic rings. The molecule has 8 nitrogen and oxygen atoms in total. The van der Waals surface area contributed by atoms with E-state index in [1.807, 2.05) is 18.2 Å². The molecule has 9 heteroatoms. The Morgan fingerprint density at radius 2 is 1.98 bits per heavy atom. The van der Waals surface area contributed by atoms with Gasteiger partial charge in [0, 0.05) is 29.5 Å². The monoisotopic (exact) mass is 564 g/mol. The van der Waals surface area contributed by atoms with Gasteiger partial charge in [0.25, 0.3) is 0 Å². The van der Waals surface area contributed by atoms with Gasteiger partial charge < -0.3 is 23.5 Å². The summed E-state index contributed by atoms with van der Waals surface area (Å²) in [5, 5.41) is 0. The van der Waals surface area contributed by atoms with Gasteiger partial charge in [-0.3, -0.25) is 9.00 Å². The molecule has 0 amide bonds. The molecule has 40 heavy (non-hydrogen) atoms. The summed E-state index contributed by atoms with van der Waals surface area (Å²) in [6, 6.07) is 12.2. The van der Waals surface area contributed by atoms with E-state index in [1.54, 1.807) is 13.1 Å². The van der Waals surface area contributed by atoms with Crippen molar-refractivity contribution in [1.29, 1.82) is 0 Å². The van der Waals surface area contributed by atoms with Crippen LogP contribution in [0.3, 0.4) is 0 Å². The zero-order valence-corrected chi connectivity index (χ0v) is 23.9. The molecule has 1 aliphatic heterocycles. The SMILES string of the molecule is CCOC(=O)CC1COc2cc(OC3CCc4c(-c5c(C)cc(OCCCS(=O)[O-])cc5C)cccc43)ncc21. The smallest absolute Gasteiger partial charge is 0.306 e. The molecular weight excluding hydrogens is 530 g/mol. The zero-order chi connectivity index (χ0) is 28.2. The number of esters is 1. The minimum Gasteiger partial charge on any atom is -0.772 e. The van der Waals surface area contributed by atoms with Gasteiger partial charge in [0.2, 0.25) is 5.88 Å². The maximum Gasteiger partial charge on any atom is 0.306 e. The molecule has 3 atom stereocenters. The number of aryl methyl sites for hydroxylation is 2. The van der Waals surface area contributed by atoms with Crippen molar-refractivity contribution in [3.05, 3.63) is 70.4 Å². The molecule has 0 N–H and O–H groups in total. The van der Waals surface area contributed by atoms with Gasteiger partial charge in [0.1, 0.15) is 17.6 Å². The molecule has 5 rings (SSSR count). The van der Waals surface area contributed by atoms with Gasteiger partial charge >= 0.3 is 5.97 Å². The Hall–Kier alpha value is -3.43. The lowest BCUT2D eigenvalue weighted by molar-refractivity contribution is -0.143. The predicted molar refractivity (Wildman–Crippen MR) is 151 cm³/mol. The van der Waals surface area contributed by atoms with E-state index in [-0.39, 0.29) is 30.2 Å². The topological polar surface area (TPSA) is 107 Å². The van der Waals surface area contributed by atoms with E-state index in [1.165, 1.54) is 16.7 Å². The first-order valence-electron chi connectivity index (χ1n) is 13.7. The van der Waals surface area contributed by atoms with E-state index >= 15 is 0 Å². The van der Waals surface area contributed by atoms with Crippen molar-refractivity contribution >= 4 is 17.0 Å². The van der Waals surface area contributed by atoms with Crippen LogP contribution in [0.4, 0.5) is 0 Å². The van der Waals surface area contributed by atoms with Gasteiger partial charge in [0.05, 0.1) is 26.2 Å². The maximum atomic E-state index is 11.9. The average Bonchev–Trinajstić information content (AvgIpc) is 3.50. The fourth-order valence-corrected chi connectivity index (χ4v) is 6.07. The number of ether oxygens (including phenoxy) is 4. The van der Waals surface area contributed by atoms with E-state index in [2.05, 4.69) is 37.0 Å². The van der Waals surface area contributed by atoms with E-state index in [9.17, 15) is 13.6 Å². The molecule has 1 aliphatic carbocycles. The van der Waals surface area contributed by atoms with Crippen molar-refractivity contribution in [3.8, 4) is 28.5 Å². The number of nitrogens with zero attached hydrogens (tertiary/aromatic N) is 1. The summed E-state index contributed by atoms with van der Waals surface area (Å²) in [6.45, 7) is 7.11. The van der Waals surface area contributed by atoms with Gasteiger partial charge in [0.15, 0.2) is 0 Å². The number of carbonyl (C=O) groups excluding carboxylic acids is 1. The third-order valence-corrected chi connectivity index (χ3v) is 8.07. The Bertz CT molecular complexity index is 1400. The number of benzene rings is 2. The number of carbonyl (C=O) groups is 1. The van der Waals surface area contributed by atoms with E-state index < -0.39 is 11.1 Å². The first kappa shape index (κ1) is 28.1. The van der Waals surface area contributed by atoms with Gasteiger partial charge in [-0.05, 0) is 85.5 Å². The summed E-state index contributed by atoms with van der Waals surface area (Å²) in [6.07, 6.45) is 4.11. The quantitative estimate of drug-likeness (QED) is 0.171. The van der Waals surface area contributed by atoms with Crippen molar-refractivity contribution in [2.24, 2.45) is 0 Å². The van der Waals surface area contributed by atoms with Crippen molar-refractivity contribution in [1.82, 2.24) is 4.98 Å². The number of fused-ring (bicyclic) bond motifs is 2. The Labute approximate surface area is 237 Å². The molecule has 0 bridgehead atoms. The van der Waals surface area contributed by atoms with Crippen LogP contribution in [-0.4, -0.2) is 45.3 Å². The highest BCUT2D eigenvalue weighted by Crippen LogP contribution is 2.43. The van der Waals surface area contributed by atoms with Crippen LogP contribution in [0.1, 0.15) is 66.0 Å². The number of hydrogen-bond acceptors (Lipinski definition) is 8. The van der Waals surface area contributed by atoms with E-state index in [0.29, 0.717) is 37.9 Å². The van der Waals surface area contributed by atoms with Crippen LogP contribution >= 0.6 is 0 Å². The third-order valence-electron chi connectivity index (χ3n) is 7.45. The van der Waals surface area contributed by atoms with Crippen LogP contribution in [0, 0.1) is 13.8 Å². The summed E-state index contributed by atoms with van der Waals surface area (Å²) < 4.78 is 44.7. The molecule has 3 aromatic rings. The molecule has 212 valence electrons. The normalized spacial score (nSPS) is 18.0. The minimum absolute atomic E-state index is 0.0583. The summed E-state index contributed by atoms with van der Waals surface area (Å²) >= 11 is -2.05. The molecule has 3 unspecified atom stereocenters. The summed E-state index contributed by atoms with van der Waals surface area (Å²) in [5.74, 6) is 1.77. The number of aromatic nitrogens is 1. The lowest BCUT2D eigenvalue weighted by atomic mass is 9.90. The van der Waals surface area contributed by atoms with Gasteiger partial charge in [-0.2, -0.15) is 0 Å². The number of hydrogen-bond donors (Lipinski definition) is 0. The molecule has 2 heterocycles. The van der Waals surface area contributed by atoms with Crippen molar-refractivity contribution in [2.45, 2.75) is 58.5 Å². The predicted octanol–water partition coefficient (Wildman–Crippen LogP) is 5.51. The molecule has 0 fully saturated rings. The molecule has 0 saturated carbocycles. The highest BCUT2D eigenvalue weighted by Gasteiger charge is 2.31. The van der Waals surface area contributed by atoms with E-state index in [4.69, 9.17) is 18.9 Å². The molecule has 1 aromatic heterocycles. The maximum absolute atomic E-state index is 11.9. The van der Waals surface area contributed by atoms with Gasteiger partial charge in [-0.15, -0.1) is 0 Å². The minimum atomic E-state index is -2.05. The van der Waals surface area contributed by atoms with Crippen LogP contribution in [0.2, 0.25) is 0 Å². The fraction of sp³-hybridized carbons (Fsp3) is 0.419. The van der Waals surface area contributed by atoms with Crippen molar-refractivity contribution in [3.63, 3.8) is 0 Å². The number of rotatable bonds is 11. The lowest BCUT2D eigenvalue weighted by Gasteiger charge is -2.18. The second-order valence-electron chi connectivity index (χ2n) is 10.2. The fourth-order valence-electron chi connectivity index (χ4n) is 5.71. The Kier molecular flexibility index (Phi) is 8.71. The molecule has 2 aromatic carbocycles. The second-order valence-corrected chi connectivity index (χ2v) is 11.3. The largest absolute Gasteiger partial charge is 0.772 e. The van der Waals surface area contributed by atoms with Crippen LogP contribution in [0.5, 0.6) is 17.4 Å². The second kappa shape index (κ2) is 12.4. The third kappa shape index (κ3) is 6.15. The summed E-state index contributed by atoms with van der Waals surface area (Å²) in [5.41, 5.74) is 7.93. The molecule has 0 radical (unpaired) electrons. The Morgan fingerprint density at radius 3 is 2.73 bits per heavy atom. The van der Waals surface area contributed by atoms with E-state index in [0.717, 1.165) is 40.8 Å². The Balaban J connectivity index is 1.31. The highest BCUT2D eigenvalue weighted by molar-refractivity contribution is 7.79. The Morgan fingerprint density at radius 1 is 1.18 bits per heavy atom. The molecule has 0 spiro atoms. The molecular formula is C31H34NO7S-. The van der Waals surface area contributed by atoms with Crippen molar-refractivity contribution < 1.29 is 32.5 Å². The first-order chi connectivity index (χ1) is 19.3. The van der Waals surface area contributed by atoms with Crippen LogP contribution in [-0.2, 0) is 27.0 Å². The zero-order valence-electron chi connectivity index (χ0n) is 23.1. The average molecular weight is 565 g/mol. The summed E-state index contributed by atoms with van der Waals surface area (Å²) in [7, 11) is 0. The van der Waals surface area contributed by atoms with Crippen LogP contribution in [0.25, 0.3) is 11.1 Å². The van der Waals surface area contributed by atoms with Crippen molar-refractivity contribution in [2.75, 3.05) is 25.6 Å².